The number of hydrogen-bond acceptors (Lipinski definition) is 3. The maximum Gasteiger partial charge on any atom is 0.191 e. The largest absolute Gasteiger partial charge is 0.388 e. The highest BCUT2D eigenvalue weighted by atomic mass is 16.3. The Balaban J connectivity index is 2.90. The van der Waals surface area contributed by atoms with E-state index < -0.39 is 5.60 Å². The van der Waals surface area contributed by atoms with Crippen LogP contribution in [0.1, 0.15) is 77.3 Å². The van der Waals surface area contributed by atoms with Crippen LogP contribution in [0.15, 0.2) is 4.99 Å². The van der Waals surface area contributed by atoms with Gasteiger partial charge in [-0.3, -0.25) is 4.68 Å². The number of rotatable bonds is 11. The quantitative estimate of drug-likeness (QED) is 0.416. The van der Waals surface area contributed by atoms with Gasteiger partial charge in [-0.1, -0.05) is 40.5 Å². The molecule has 0 aliphatic heterocycles. The van der Waals surface area contributed by atoms with Crippen LogP contribution in [0, 0.1) is 0 Å². The van der Waals surface area contributed by atoms with E-state index in [1.807, 2.05) is 11.7 Å². The third kappa shape index (κ3) is 6.31. The lowest BCUT2D eigenvalue weighted by Crippen LogP contribution is -2.47. The second kappa shape index (κ2) is 11.2. The lowest BCUT2D eigenvalue weighted by atomic mass is 9.93. The van der Waals surface area contributed by atoms with Crippen molar-refractivity contribution in [3.05, 3.63) is 17.0 Å². The summed E-state index contributed by atoms with van der Waals surface area (Å²) in [5.41, 5.74) is 2.93. The van der Waals surface area contributed by atoms with Gasteiger partial charge in [-0.25, -0.2) is 4.99 Å². The summed E-state index contributed by atoms with van der Waals surface area (Å²) in [6, 6.07) is 0. The Labute approximate surface area is 159 Å². The molecule has 1 heterocycles. The van der Waals surface area contributed by atoms with Crippen molar-refractivity contribution in [2.24, 2.45) is 12.0 Å². The maximum absolute atomic E-state index is 10.8. The molecular formula is C20H39N5O. The average Bonchev–Trinajstić information content (AvgIpc) is 2.92. The number of aryl methyl sites for hydroxylation is 2. The number of aliphatic imine (C=N–C) groups is 1. The van der Waals surface area contributed by atoms with Gasteiger partial charge in [0.15, 0.2) is 5.96 Å². The molecule has 26 heavy (non-hydrogen) atoms. The van der Waals surface area contributed by atoms with E-state index in [-0.39, 0.29) is 0 Å². The van der Waals surface area contributed by atoms with Gasteiger partial charge in [-0.15, -0.1) is 0 Å². The molecule has 0 amide bonds. The van der Waals surface area contributed by atoms with E-state index in [2.05, 4.69) is 50.4 Å². The SMILES string of the molecule is CCCC(O)(CCC)CNC(=NCc1c(CC)nn(C)c1CC)NCC. The number of nitrogens with zero attached hydrogens (tertiary/aromatic N) is 3. The molecule has 6 heteroatoms. The van der Waals surface area contributed by atoms with Crippen LogP contribution in [0.2, 0.25) is 0 Å². The number of aliphatic hydroxyl groups is 1. The fraction of sp³-hybridized carbons (Fsp3) is 0.800. The van der Waals surface area contributed by atoms with E-state index in [4.69, 9.17) is 4.99 Å². The molecule has 0 aliphatic carbocycles. The third-order valence-corrected chi connectivity index (χ3v) is 4.78. The van der Waals surface area contributed by atoms with Crippen LogP contribution in [0.5, 0.6) is 0 Å². The first-order chi connectivity index (χ1) is 12.4. The van der Waals surface area contributed by atoms with Crippen molar-refractivity contribution in [1.29, 1.82) is 0 Å². The zero-order valence-electron chi connectivity index (χ0n) is 17.7. The average molecular weight is 366 g/mol. The van der Waals surface area contributed by atoms with Crippen LogP contribution in [-0.2, 0) is 26.4 Å². The van der Waals surface area contributed by atoms with E-state index in [0.29, 0.717) is 13.1 Å². The van der Waals surface area contributed by atoms with E-state index >= 15 is 0 Å². The molecule has 1 rings (SSSR count). The molecule has 0 unspecified atom stereocenters. The molecule has 0 bridgehead atoms. The minimum atomic E-state index is -0.669. The Kier molecular flexibility index (Phi) is 9.70. The fourth-order valence-electron chi connectivity index (χ4n) is 3.55. The summed E-state index contributed by atoms with van der Waals surface area (Å²) in [6.45, 7) is 12.5. The van der Waals surface area contributed by atoms with Gasteiger partial charge in [-0.05, 0) is 32.6 Å². The smallest absolute Gasteiger partial charge is 0.191 e. The van der Waals surface area contributed by atoms with E-state index in [0.717, 1.165) is 56.7 Å². The molecule has 1 aromatic rings. The van der Waals surface area contributed by atoms with Crippen molar-refractivity contribution in [3.63, 3.8) is 0 Å². The molecule has 1 aromatic heterocycles. The van der Waals surface area contributed by atoms with Crippen LogP contribution in [0.3, 0.4) is 0 Å². The predicted octanol–water partition coefficient (Wildman–Crippen LogP) is 2.93. The normalized spacial score (nSPS) is 12.5. The zero-order chi connectivity index (χ0) is 19.6. The molecule has 6 nitrogen and oxygen atoms in total. The molecule has 150 valence electrons. The molecule has 0 atom stereocenters. The molecule has 3 N–H and O–H groups in total. The molecule has 0 aliphatic rings. The van der Waals surface area contributed by atoms with Crippen molar-refractivity contribution >= 4 is 5.96 Å². The topological polar surface area (TPSA) is 74.5 Å². The van der Waals surface area contributed by atoms with Crippen LogP contribution in [0.25, 0.3) is 0 Å². The summed E-state index contributed by atoms with van der Waals surface area (Å²) in [7, 11) is 2.00. The fourth-order valence-corrected chi connectivity index (χ4v) is 3.55. The monoisotopic (exact) mass is 365 g/mol. The van der Waals surface area contributed by atoms with Crippen molar-refractivity contribution in [1.82, 2.24) is 20.4 Å². The van der Waals surface area contributed by atoms with Crippen molar-refractivity contribution in [2.75, 3.05) is 13.1 Å². The van der Waals surface area contributed by atoms with Crippen molar-refractivity contribution < 1.29 is 5.11 Å². The molecule has 0 radical (unpaired) electrons. The summed E-state index contributed by atoms with van der Waals surface area (Å²) < 4.78 is 1.98. The molecule has 0 aromatic carbocycles. The Morgan fingerprint density at radius 1 is 1.08 bits per heavy atom. The number of hydrogen-bond donors (Lipinski definition) is 3. The molecule has 0 spiro atoms. The minimum Gasteiger partial charge on any atom is -0.388 e. The summed E-state index contributed by atoms with van der Waals surface area (Å²) in [5.74, 6) is 0.756. The Morgan fingerprint density at radius 2 is 1.73 bits per heavy atom. The van der Waals surface area contributed by atoms with E-state index in [9.17, 15) is 5.11 Å². The maximum atomic E-state index is 10.8. The van der Waals surface area contributed by atoms with Gasteiger partial charge in [0.2, 0.25) is 0 Å². The van der Waals surface area contributed by atoms with E-state index in [1.165, 1.54) is 11.3 Å². The highest BCUT2D eigenvalue weighted by Crippen LogP contribution is 2.19. The molecular weight excluding hydrogens is 326 g/mol. The first kappa shape index (κ1) is 22.5. The standard InChI is InChI=1S/C20H39N5O/c1-7-12-20(26,13-8-2)15-23-19(21-11-5)22-14-16-17(9-3)24-25(6)18(16)10-4/h26H,7-15H2,1-6H3,(H2,21,22,23). The summed E-state index contributed by atoms with van der Waals surface area (Å²) >= 11 is 0. The minimum absolute atomic E-state index is 0.523. The lowest BCUT2D eigenvalue weighted by molar-refractivity contribution is 0.0257. The predicted molar refractivity (Wildman–Crippen MR) is 110 cm³/mol. The lowest BCUT2D eigenvalue weighted by Gasteiger charge is -2.28. The van der Waals surface area contributed by atoms with E-state index in [1.54, 1.807) is 0 Å². The Bertz CT molecular complexity index is 559. The van der Waals surface area contributed by atoms with Crippen LogP contribution >= 0.6 is 0 Å². The Hall–Kier alpha value is -1.56. The Morgan fingerprint density at radius 3 is 2.23 bits per heavy atom. The second-order valence-electron chi connectivity index (χ2n) is 6.98. The number of aromatic nitrogens is 2. The van der Waals surface area contributed by atoms with Crippen molar-refractivity contribution in [3.8, 4) is 0 Å². The van der Waals surface area contributed by atoms with Gasteiger partial charge in [0, 0.05) is 31.4 Å². The first-order valence-corrected chi connectivity index (χ1v) is 10.2. The number of guanidine groups is 1. The van der Waals surface area contributed by atoms with Gasteiger partial charge in [-0.2, -0.15) is 5.10 Å². The summed E-state index contributed by atoms with van der Waals surface area (Å²) in [4.78, 5) is 4.77. The zero-order valence-corrected chi connectivity index (χ0v) is 17.7. The van der Waals surface area contributed by atoms with Gasteiger partial charge < -0.3 is 15.7 Å². The van der Waals surface area contributed by atoms with Crippen molar-refractivity contribution in [2.45, 2.75) is 85.3 Å². The highest BCUT2D eigenvalue weighted by molar-refractivity contribution is 5.79. The molecule has 0 saturated heterocycles. The van der Waals surface area contributed by atoms with Crippen LogP contribution in [0.4, 0.5) is 0 Å². The molecule has 0 fully saturated rings. The van der Waals surface area contributed by atoms with Crippen LogP contribution < -0.4 is 10.6 Å². The van der Waals surface area contributed by atoms with Gasteiger partial charge in [0.05, 0.1) is 17.8 Å². The van der Waals surface area contributed by atoms with Crippen LogP contribution in [-0.4, -0.2) is 39.5 Å². The third-order valence-electron chi connectivity index (χ3n) is 4.78. The second-order valence-corrected chi connectivity index (χ2v) is 6.98. The first-order valence-electron chi connectivity index (χ1n) is 10.2. The van der Waals surface area contributed by atoms with Gasteiger partial charge >= 0.3 is 0 Å². The summed E-state index contributed by atoms with van der Waals surface area (Å²) in [5, 5.41) is 22.1. The summed E-state index contributed by atoms with van der Waals surface area (Å²) in [6.07, 6.45) is 5.41. The highest BCUT2D eigenvalue weighted by Gasteiger charge is 2.25. The van der Waals surface area contributed by atoms with Gasteiger partial charge in [0.25, 0.3) is 0 Å². The number of nitrogens with one attached hydrogen (secondary N) is 2. The molecule has 0 saturated carbocycles. The van der Waals surface area contributed by atoms with Gasteiger partial charge in [0.1, 0.15) is 0 Å².